The van der Waals surface area contributed by atoms with Gasteiger partial charge in [0.1, 0.15) is 5.75 Å². The van der Waals surface area contributed by atoms with Gasteiger partial charge in [-0.1, -0.05) is 24.3 Å². The maximum atomic E-state index is 13.4. The summed E-state index contributed by atoms with van der Waals surface area (Å²) in [5.74, 6) is 2.03. The van der Waals surface area contributed by atoms with E-state index in [2.05, 4.69) is 0 Å². The van der Waals surface area contributed by atoms with Crippen LogP contribution in [-0.2, 0) is 11.3 Å². The molecule has 3 aromatic rings. The lowest BCUT2D eigenvalue weighted by atomic mass is 10.0. The molecule has 34 heavy (non-hydrogen) atoms. The first-order valence-electron chi connectivity index (χ1n) is 11.0. The van der Waals surface area contributed by atoms with Gasteiger partial charge in [0.2, 0.25) is 0 Å². The van der Waals surface area contributed by atoms with Crippen LogP contribution in [0.15, 0.2) is 65.1 Å². The molecule has 1 atom stereocenters. The highest BCUT2D eigenvalue weighted by Gasteiger charge is 2.34. The SMILES string of the molecule is COc1cccc(CN(C)CC(=O)N2N=C(c3cccs3)CC2c2ccc(OC)c(OC)c2)c1. The second-order valence-electron chi connectivity index (χ2n) is 8.12. The van der Waals surface area contributed by atoms with Crippen molar-refractivity contribution in [2.24, 2.45) is 5.10 Å². The molecule has 0 N–H and O–H groups in total. The number of amides is 1. The van der Waals surface area contributed by atoms with Gasteiger partial charge in [0, 0.05) is 13.0 Å². The van der Waals surface area contributed by atoms with Crippen molar-refractivity contribution in [1.82, 2.24) is 9.91 Å². The van der Waals surface area contributed by atoms with Crippen LogP contribution < -0.4 is 14.2 Å². The highest BCUT2D eigenvalue weighted by molar-refractivity contribution is 7.12. The molecule has 2 aromatic carbocycles. The molecule has 8 heteroatoms. The lowest BCUT2D eigenvalue weighted by Crippen LogP contribution is -2.36. The molecule has 0 radical (unpaired) electrons. The zero-order valence-electron chi connectivity index (χ0n) is 19.9. The van der Waals surface area contributed by atoms with Crippen LogP contribution in [-0.4, -0.2) is 56.4 Å². The average molecular weight is 480 g/mol. The Bertz CT molecular complexity index is 1160. The molecular formula is C26H29N3O4S. The number of likely N-dealkylation sites (N-methyl/N-ethyl adjacent to an activating group) is 1. The molecule has 4 rings (SSSR count). The van der Waals surface area contributed by atoms with Crippen molar-refractivity contribution in [2.75, 3.05) is 34.9 Å². The van der Waals surface area contributed by atoms with Crippen molar-refractivity contribution in [3.8, 4) is 17.2 Å². The summed E-state index contributed by atoms with van der Waals surface area (Å²) in [4.78, 5) is 16.5. The van der Waals surface area contributed by atoms with Crippen molar-refractivity contribution in [1.29, 1.82) is 0 Å². The van der Waals surface area contributed by atoms with Crippen LogP contribution in [0.3, 0.4) is 0 Å². The zero-order chi connectivity index (χ0) is 24.1. The first-order chi connectivity index (χ1) is 16.5. The van der Waals surface area contributed by atoms with E-state index >= 15 is 0 Å². The molecule has 2 heterocycles. The maximum Gasteiger partial charge on any atom is 0.257 e. The second-order valence-corrected chi connectivity index (χ2v) is 9.07. The Balaban J connectivity index is 1.56. The van der Waals surface area contributed by atoms with E-state index in [0.29, 0.717) is 24.5 Å². The third kappa shape index (κ3) is 5.24. The minimum atomic E-state index is -0.213. The molecule has 1 aliphatic rings. The lowest BCUT2D eigenvalue weighted by Gasteiger charge is -2.25. The average Bonchev–Trinajstić information content (AvgIpc) is 3.54. The number of hydrogen-bond donors (Lipinski definition) is 0. The predicted molar refractivity (Wildman–Crippen MR) is 134 cm³/mol. The van der Waals surface area contributed by atoms with Gasteiger partial charge < -0.3 is 14.2 Å². The van der Waals surface area contributed by atoms with Gasteiger partial charge in [-0.3, -0.25) is 9.69 Å². The van der Waals surface area contributed by atoms with Gasteiger partial charge in [0.25, 0.3) is 5.91 Å². The summed E-state index contributed by atoms with van der Waals surface area (Å²) in [5, 5.41) is 8.41. The van der Waals surface area contributed by atoms with Gasteiger partial charge in [-0.05, 0) is 53.9 Å². The molecule has 1 amide bonds. The number of carbonyl (C=O) groups excluding carboxylic acids is 1. The van der Waals surface area contributed by atoms with Gasteiger partial charge in [-0.25, -0.2) is 5.01 Å². The summed E-state index contributed by atoms with van der Waals surface area (Å²) in [5.41, 5.74) is 2.95. The first kappa shape index (κ1) is 23.8. The number of rotatable bonds is 9. The van der Waals surface area contributed by atoms with E-state index in [0.717, 1.165) is 27.5 Å². The standard InChI is InChI=1S/C26H29N3O4S/c1-28(16-18-7-5-8-20(13-18)31-2)17-26(30)29-22(15-21(27-29)25-9-6-12-34-25)19-10-11-23(32-3)24(14-19)33-4/h5-14,22H,15-17H2,1-4H3. The van der Waals surface area contributed by atoms with E-state index in [1.807, 2.05) is 71.9 Å². The van der Waals surface area contributed by atoms with Crippen molar-refractivity contribution in [3.05, 3.63) is 76.0 Å². The van der Waals surface area contributed by atoms with Gasteiger partial charge in [0.15, 0.2) is 11.5 Å². The van der Waals surface area contributed by atoms with Crippen LogP contribution in [0.4, 0.5) is 0 Å². The fourth-order valence-electron chi connectivity index (χ4n) is 4.09. The molecule has 0 aliphatic carbocycles. The Hall–Kier alpha value is -3.36. The lowest BCUT2D eigenvalue weighted by molar-refractivity contribution is -0.134. The Morgan fingerprint density at radius 1 is 1.06 bits per heavy atom. The van der Waals surface area contributed by atoms with Crippen LogP contribution in [0.5, 0.6) is 17.2 Å². The van der Waals surface area contributed by atoms with Crippen LogP contribution >= 0.6 is 11.3 Å². The van der Waals surface area contributed by atoms with Crippen molar-refractivity contribution >= 4 is 23.0 Å². The van der Waals surface area contributed by atoms with E-state index in [-0.39, 0.29) is 18.5 Å². The quantitative estimate of drug-likeness (QED) is 0.449. The highest BCUT2D eigenvalue weighted by atomic mass is 32.1. The van der Waals surface area contributed by atoms with E-state index < -0.39 is 0 Å². The van der Waals surface area contributed by atoms with Gasteiger partial charge in [-0.15, -0.1) is 11.3 Å². The molecule has 0 saturated carbocycles. The number of carbonyl (C=O) groups is 1. The Labute approximate surface area is 204 Å². The summed E-state index contributed by atoms with van der Waals surface area (Å²) in [6, 6.07) is 17.5. The predicted octanol–water partition coefficient (Wildman–Crippen LogP) is 4.58. The highest BCUT2D eigenvalue weighted by Crippen LogP contribution is 2.38. The monoisotopic (exact) mass is 479 g/mol. The number of benzene rings is 2. The maximum absolute atomic E-state index is 13.4. The number of methoxy groups -OCH3 is 3. The fraction of sp³-hybridized carbons (Fsp3) is 0.308. The minimum absolute atomic E-state index is 0.0586. The topological polar surface area (TPSA) is 63.6 Å². The number of hydrazone groups is 1. The molecule has 0 bridgehead atoms. The summed E-state index contributed by atoms with van der Waals surface area (Å²) in [6.45, 7) is 0.863. The molecule has 1 aliphatic heterocycles. The molecule has 1 unspecified atom stereocenters. The van der Waals surface area contributed by atoms with E-state index in [1.165, 1.54) is 0 Å². The molecule has 7 nitrogen and oxygen atoms in total. The number of nitrogens with zero attached hydrogens (tertiary/aromatic N) is 3. The Morgan fingerprint density at radius 2 is 1.88 bits per heavy atom. The Kier molecular flexibility index (Phi) is 7.49. The second kappa shape index (κ2) is 10.7. The van der Waals surface area contributed by atoms with Crippen molar-refractivity contribution < 1.29 is 19.0 Å². The molecule has 0 fully saturated rings. The van der Waals surface area contributed by atoms with Crippen LogP contribution in [0.25, 0.3) is 0 Å². The van der Waals surface area contributed by atoms with Crippen molar-refractivity contribution in [3.63, 3.8) is 0 Å². The Morgan fingerprint density at radius 3 is 2.59 bits per heavy atom. The van der Waals surface area contributed by atoms with E-state index in [9.17, 15) is 4.79 Å². The summed E-state index contributed by atoms with van der Waals surface area (Å²) >= 11 is 1.63. The summed E-state index contributed by atoms with van der Waals surface area (Å²) in [6.07, 6.45) is 0.640. The first-order valence-corrected chi connectivity index (χ1v) is 11.9. The van der Waals surface area contributed by atoms with E-state index in [1.54, 1.807) is 37.7 Å². The van der Waals surface area contributed by atoms with Crippen LogP contribution in [0, 0.1) is 0 Å². The summed E-state index contributed by atoms with van der Waals surface area (Å²) < 4.78 is 16.2. The molecular weight excluding hydrogens is 450 g/mol. The number of thiophene rings is 1. The van der Waals surface area contributed by atoms with E-state index in [4.69, 9.17) is 19.3 Å². The molecule has 178 valence electrons. The smallest absolute Gasteiger partial charge is 0.257 e. The number of ether oxygens (including phenoxy) is 3. The fourth-order valence-corrected chi connectivity index (χ4v) is 4.81. The zero-order valence-corrected chi connectivity index (χ0v) is 20.7. The molecule has 0 saturated heterocycles. The normalized spacial score (nSPS) is 15.4. The third-order valence-electron chi connectivity index (χ3n) is 5.76. The molecule has 1 aromatic heterocycles. The van der Waals surface area contributed by atoms with Gasteiger partial charge in [0.05, 0.1) is 44.5 Å². The molecule has 0 spiro atoms. The third-order valence-corrected chi connectivity index (χ3v) is 6.67. The van der Waals surface area contributed by atoms with Crippen molar-refractivity contribution in [2.45, 2.75) is 19.0 Å². The van der Waals surface area contributed by atoms with Gasteiger partial charge >= 0.3 is 0 Å². The van der Waals surface area contributed by atoms with Gasteiger partial charge in [-0.2, -0.15) is 5.10 Å². The minimum Gasteiger partial charge on any atom is -0.497 e. The van der Waals surface area contributed by atoms with Crippen LogP contribution in [0.1, 0.15) is 28.5 Å². The summed E-state index contributed by atoms with van der Waals surface area (Å²) in [7, 11) is 6.80. The number of hydrogen-bond acceptors (Lipinski definition) is 7. The largest absolute Gasteiger partial charge is 0.497 e. The van der Waals surface area contributed by atoms with Crippen LogP contribution in [0.2, 0.25) is 0 Å².